The zero-order chi connectivity index (χ0) is 28.0. The summed E-state index contributed by atoms with van der Waals surface area (Å²) in [7, 11) is 0. The topological polar surface area (TPSA) is 91.8 Å². The minimum atomic E-state index is -5.08. The van der Waals surface area contributed by atoms with Gasteiger partial charge >= 0.3 is 12.1 Å². The van der Waals surface area contributed by atoms with Crippen molar-refractivity contribution < 1.29 is 32.6 Å². The third-order valence-electron chi connectivity index (χ3n) is 6.06. The van der Waals surface area contributed by atoms with Crippen LogP contribution in [-0.4, -0.2) is 52.2 Å². The minimum absolute atomic E-state index is 0.145. The molecule has 0 radical (unpaired) electrons. The Kier molecular flexibility index (Phi) is 8.82. The number of carbonyl (C=O) groups excluding carboxylic acids is 1. The van der Waals surface area contributed by atoms with Crippen molar-refractivity contribution in [1.82, 2.24) is 9.88 Å². The number of pyridine rings is 1. The highest BCUT2D eigenvalue weighted by atomic mass is 32.1. The van der Waals surface area contributed by atoms with Crippen molar-refractivity contribution in [3.05, 3.63) is 88.2 Å². The van der Waals surface area contributed by atoms with Crippen molar-refractivity contribution >= 4 is 39.8 Å². The van der Waals surface area contributed by atoms with Crippen LogP contribution in [0.1, 0.15) is 27.9 Å². The second-order valence-electron chi connectivity index (χ2n) is 9.04. The van der Waals surface area contributed by atoms with Gasteiger partial charge < -0.3 is 15.2 Å². The molecule has 0 spiro atoms. The molecule has 204 valence electrons. The molecule has 3 heterocycles. The SMILES string of the molecule is Cc1ccc(NC(=O)c2ccc3ncccc3c2)cc1OC1CCN(Cc2ccsc2)C1.O=C(O)C(F)(F)F. The number of hydrogen-bond acceptors (Lipinski definition) is 6. The van der Waals surface area contributed by atoms with Crippen LogP contribution in [-0.2, 0) is 11.3 Å². The zero-order valence-corrected chi connectivity index (χ0v) is 21.8. The Labute approximate surface area is 226 Å². The van der Waals surface area contributed by atoms with Crippen molar-refractivity contribution in [3.8, 4) is 5.75 Å². The molecule has 39 heavy (non-hydrogen) atoms. The van der Waals surface area contributed by atoms with Gasteiger partial charge in [-0.15, -0.1) is 0 Å². The molecule has 7 nitrogen and oxygen atoms in total. The molecule has 1 saturated heterocycles. The molecular weight excluding hydrogens is 531 g/mol. The van der Waals surface area contributed by atoms with E-state index in [1.165, 1.54) is 5.56 Å². The molecule has 2 aromatic heterocycles. The van der Waals surface area contributed by atoms with Gasteiger partial charge in [0, 0.05) is 48.5 Å². The number of benzene rings is 2. The number of anilines is 1. The van der Waals surface area contributed by atoms with Gasteiger partial charge in [0.1, 0.15) is 11.9 Å². The molecule has 0 bridgehead atoms. The van der Waals surface area contributed by atoms with Gasteiger partial charge in [-0.1, -0.05) is 12.1 Å². The smallest absolute Gasteiger partial charge is 0.489 e. The number of aliphatic carboxylic acids is 1. The lowest BCUT2D eigenvalue weighted by Gasteiger charge is -2.18. The number of nitrogens with zero attached hydrogens (tertiary/aromatic N) is 2. The molecular formula is C28H26F3N3O4S. The highest BCUT2D eigenvalue weighted by Gasteiger charge is 2.38. The summed E-state index contributed by atoms with van der Waals surface area (Å²) in [5.74, 6) is -2.08. The fraction of sp³-hybridized carbons (Fsp3) is 0.250. The van der Waals surface area contributed by atoms with E-state index >= 15 is 0 Å². The molecule has 1 aliphatic rings. The van der Waals surface area contributed by atoms with Gasteiger partial charge in [-0.3, -0.25) is 14.7 Å². The van der Waals surface area contributed by atoms with Crippen molar-refractivity contribution in [1.29, 1.82) is 0 Å². The summed E-state index contributed by atoms with van der Waals surface area (Å²) in [6, 6.07) is 17.4. The lowest BCUT2D eigenvalue weighted by atomic mass is 10.1. The largest absolute Gasteiger partial charge is 0.490 e. The first-order valence-corrected chi connectivity index (χ1v) is 13.0. The number of rotatable bonds is 6. The van der Waals surface area contributed by atoms with Gasteiger partial charge in [0.15, 0.2) is 0 Å². The van der Waals surface area contributed by atoms with Crippen LogP contribution in [0.2, 0.25) is 0 Å². The summed E-state index contributed by atoms with van der Waals surface area (Å²) in [5.41, 5.74) is 4.64. The summed E-state index contributed by atoms with van der Waals surface area (Å²) in [6.07, 6.45) is -2.17. The summed E-state index contributed by atoms with van der Waals surface area (Å²) < 4.78 is 38.1. The van der Waals surface area contributed by atoms with Crippen LogP contribution in [0, 0.1) is 6.92 Å². The van der Waals surface area contributed by atoms with Crippen LogP contribution >= 0.6 is 11.3 Å². The number of nitrogens with one attached hydrogen (secondary N) is 1. The maximum atomic E-state index is 12.8. The second kappa shape index (κ2) is 12.3. The summed E-state index contributed by atoms with van der Waals surface area (Å²) in [4.78, 5) is 28.5. The van der Waals surface area contributed by atoms with Gasteiger partial charge in [-0.05, 0) is 71.6 Å². The quantitative estimate of drug-likeness (QED) is 0.296. The molecule has 4 aromatic rings. The fourth-order valence-electron chi connectivity index (χ4n) is 4.08. The second-order valence-corrected chi connectivity index (χ2v) is 9.82. The third kappa shape index (κ3) is 7.78. The first-order chi connectivity index (χ1) is 18.6. The Bertz CT molecular complexity index is 1440. The number of likely N-dealkylation sites (tertiary alicyclic amines) is 1. The van der Waals surface area contributed by atoms with Crippen LogP contribution in [0.5, 0.6) is 5.75 Å². The maximum Gasteiger partial charge on any atom is 0.490 e. The van der Waals surface area contributed by atoms with E-state index in [9.17, 15) is 18.0 Å². The van der Waals surface area contributed by atoms with E-state index < -0.39 is 12.1 Å². The Morgan fingerprint density at radius 1 is 1.18 bits per heavy atom. The number of aryl methyl sites for hydroxylation is 1. The average Bonchev–Trinajstić information content (AvgIpc) is 3.58. The number of carboxylic acids is 1. The van der Waals surface area contributed by atoms with Gasteiger partial charge in [-0.25, -0.2) is 4.79 Å². The molecule has 0 aliphatic carbocycles. The molecule has 11 heteroatoms. The van der Waals surface area contributed by atoms with E-state index in [-0.39, 0.29) is 12.0 Å². The van der Waals surface area contributed by atoms with Gasteiger partial charge in [0.2, 0.25) is 0 Å². The standard InChI is InChI=1S/C26H25N3O2S.C2HF3O2/c1-18-4-6-22(28-26(30)21-5-7-24-20(13-21)3-2-10-27-24)14-25(18)31-23-8-11-29(16-23)15-19-9-12-32-17-19;3-2(4,5)1(6)7/h2-7,9-10,12-14,17,23H,8,11,15-16H2,1H3,(H,28,30);(H,6,7). The first-order valence-electron chi connectivity index (χ1n) is 12.1. The maximum absolute atomic E-state index is 12.8. The van der Waals surface area contributed by atoms with Crippen LogP contribution in [0.25, 0.3) is 10.9 Å². The lowest BCUT2D eigenvalue weighted by Crippen LogP contribution is -2.24. The van der Waals surface area contributed by atoms with Crippen LogP contribution in [0.15, 0.2) is 71.6 Å². The molecule has 2 aromatic carbocycles. The number of amides is 1. The van der Waals surface area contributed by atoms with Crippen LogP contribution in [0.4, 0.5) is 18.9 Å². The predicted molar refractivity (Wildman–Crippen MR) is 143 cm³/mol. The van der Waals surface area contributed by atoms with E-state index in [4.69, 9.17) is 14.6 Å². The predicted octanol–water partition coefficient (Wildman–Crippen LogP) is 6.14. The molecule has 1 aliphatic heterocycles. The number of ether oxygens (including phenoxy) is 1. The molecule has 1 unspecified atom stereocenters. The summed E-state index contributed by atoms with van der Waals surface area (Å²) in [6.45, 7) is 4.96. The van der Waals surface area contributed by atoms with Gasteiger partial charge in [0.05, 0.1) is 5.52 Å². The number of hydrogen-bond donors (Lipinski definition) is 2. The third-order valence-corrected chi connectivity index (χ3v) is 6.79. The minimum Gasteiger partial charge on any atom is -0.489 e. The Balaban J connectivity index is 0.000000448. The molecule has 1 amide bonds. The monoisotopic (exact) mass is 557 g/mol. The molecule has 1 atom stereocenters. The summed E-state index contributed by atoms with van der Waals surface area (Å²) >= 11 is 1.74. The van der Waals surface area contributed by atoms with Crippen molar-refractivity contribution in [2.75, 3.05) is 18.4 Å². The van der Waals surface area contributed by atoms with Crippen LogP contribution in [0.3, 0.4) is 0 Å². The van der Waals surface area contributed by atoms with Crippen molar-refractivity contribution in [2.24, 2.45) is 0 Å². The highest BCUT2D eigenvalue weighted by molar-refractivity contribution is 7.07. The first kappa shape index (κ1) is 28.1. The molecule has 0 saturated carbocycles. The van der Waals surface area contributed by atoms with E-state index in [1.807, 2.05) is 49.4 Å². The fourth-order valence-corrected chi connectivity index (χ4v) is 4.74. The molecule has 2 N–H and O–H groups in total. The van der Waals surface area contributed by atoms with Crippen LogP contribution < -0.4 is 10.1 Å². The number of halogens is 3. The number of alkyl halides is 3. The van der Waals surface area contributed by atoms with E-state index in [2.05, 4.69) is 32.0 Å². The lowest BCUT2D eigenvalue weighted by molar-refractivity contribution is -0.192. The van der Waals surface area contributed by atoms with E-state index in [0.29, 0.717) is 5.56 Å². The zero-order valence-electron chi connectivity index (χ0n) is 20.9. The average molecular weight is 558 g/mol. The Hall–Kier alpha value is -3.96. The molecule has 1 fully saturated rings. The van der Waals surface area contributed by atoms with Crippen molar-refractivity contribution in [3.63, 3.8) is 0 Å². The van der Waals surface area contributed by atoms with E-state index in [0.717, 1.165) is 54.0 Å². The van der Waals surface area contributed by atoms with Crippen molar-refractivity contribution in [2.45, 2.75) is 32.2 Å². The number of fused-ring (bicyclic) bond motifs is 1. The van der Waals surface area contributed by atoms with E-state index in [1.54, 1.807) is 23.6 Å². The molecule has 5 rings (SSSR count). The van der Waals surface area contributed by atoms with Gasteiger partial charge in [-0.2, -0.15) is 24.5 Å². The number of thiophene rings is 1. The Morgan fingerprint density at radius 2 is 1.97 bits per heavy atom. The number of aromatic nitrogens is 1. The highest BCUT2D eigenvalue weighted by Crippen LogP contribution is 2.27. The number of carbonyl (C=O) groups is 2. The van der Waals surface area contributed by atoms with Gasteiger partial charge in [0.25, 0.3) is 5.91 Å². The Morgan fingerprint density at radius 3 is 2.69 bits per heavy atom. The number of carboxylic acid groups (broad SMARTS) is 1. The normalized spacial score (nSPS) is 15.4. The summed E-state index contributed by atoms with van der Waals surface area (Å²) in [5, 5.41) is 15.4.